The van der Waals surface area contributed by atoms with E-state index in [4.69, 9.17) is 9.84 Å². The summed E-state index contributed by atoms with van der Waals surface area (Å²) in [6, 6.07) is 8.52. The van der Waals surface area contributed by atoms with Gasteiger partial charge in [0.2, 0.25) is 11.8 Å². The van der Waals surface area contributed by atoms with Gasteiger partial charge in [0, 0.05) is 31.4 Å². The predicted molar refractivity (Wildman–Crippen MR) is 140 cm³/mol. The third kappa shape index (κ3) is 8.15. The highest BCUT2D eigenvalue weighted by atomic mass is 19.3. The molecule has 0 saturated heterocycles. The zero-order valence-corrected chi connectivity index (χ0v) is 21.3. The van der Waals surface area contributed by atoms with E-state index in [9.17, 15) is 28.0 Å². The minimum Gasteiger partial charge on any atom is -0.485 e. The van der Waals surface area contributed by atoms with Crippen LogP contribution in [0, 0.1) is 0 Å². The number of nitrogens with one attached hydrogen (secondary N) is 3. The van der Waals surface area contributed by atoms with Crippen LogP contribution in [0.5, 0.6) is 5.75 Å². The number of nitrogens with zero attached hydrogens (tertiary/aromatic N) is 2. The van der Waals surface area contributed by atoms with Crippen molar-refractivity contribution in [2.24, 2.45) is 0 Å². The van der Waals surface area contributed by atoms with E-state index in [2.05, 4.69) is 15.6 Å². The molecule has 2 aromatic heterocycles. The number of halogens is 2. The molecule has 3 amide bonds. The van der Waals surface area contributed by atoms with E-state index in [0.29, 0.717) is 16.6 Å². The fourth-order valence-electron chi connectivity index (χ4n) is 3.72. The summed E-state index contributed by atoms with van der Waals surface area (Å²) >= 11 is 0. The summed E-state index contributed by atoms with van der Waals surface area (Å²) in [7, 11) is 3.17. The van der Waals surface area contributed by atoms with E-state index < -0.39 is 36.6 Å². The molecule has 3 aromatic rings. The number of hydrogen-bond donors (Lipinski definition) is 4. The van der Waals surface area contributed by atoms with Gasteiger partial charge in [0.05, 0.1) is 12.1 Å². The second-order valence-corrected chi connectivity index (χ2v) is 8.78. The number of carbonyl (C=O) groups is 3. The van der Waals surface area contributed by atoms with Crippen molar-refractivity contribution < 1.29 is 33.0 Å². The van der Waals surface area contributed by atoms with Gasteiger partial charge < -0.3 is 34.9 Å². The summed E-state index contributed by atoms with van der Waals surface area (Å²) in [5, 5.41) is 14.4. The molecule has 3 rings (SSSR count). The smallest absolute Gasteiger partial charge is 0.405 e. The second-order valence-electron chi connectivity index (χ2n) is 8.78. The van der Waals surface area contributed by atoms with Gasteiger partial charge in [-0.3, -0.25) is 14.4 Å². The monoisotopic (exact) mass is 545 g/mol. The zero-order chi connectivity index (χ0) is 28.5. The van der Waals surface area contributed by atoms with Gasteiger partial charge in [-0.05, 0) is 43.2 Å². The van der Waals surface area contributed by atoms with Crippen LogP contribution in [0.1, 0.15) is 18.5 Å². The van der Waals surface area contributed by atoms with Crippen molar-refractivity contribution in [1.82, 2.24) is 19.8 Å². The maximum absolute atomic E-state index is 13.0. The SMILES string of the molecule is CN(C)C(=O)C=CCCC(NC(=O)O)C(=O)Nc1cccn(Cc2cc3cccc(OCC(F)F)c3[nH]2)c1=O. The van der Waals surface area contributed by atoms with Crippen LogP contribution in [-0.2, 0) is 16.1 Å². The van der Waals surface area contributed by atoms with Gasteiger partial charge in [-0.1, -0.05) is 18.2 Å². The molecule has 39 heavy (non-hydrogen) atoms. The number of H-pyrrole nitrogens is 1. The lowest BCUT2D eigenvalue weighted by Crippen LogP contribution is -2.44. The Balaban J connectivity index is 1.73. The molecule has 0 fully saturated rings. The molecule has 1 unspecified atom stereocenters. The summed E-state index contributed by atoms with van der Waals surface area (Å²) in [5.74, 6) is -0.727. The number of rotatable bonds is 12. The lowest BCUT2D eigenvalue weighted by Gasteiger charge is -2.16. The number of aromatic amines is 1. The van der Waals surface area contributed by atoms with Crippen LogP contribution in [-0.4, -0.2) is 70.6 Å². The number of benzene rings is 1. The fraction of sp³-hybridized carbons (Fsp3) is 0.308. The molecular formula is C26H29F2N5O6. The highest BCUT2D eigenvalue weighted by Crippen LogP contribution is 2.26. The molecule has 0 aliphatic rings. The average Bonchev–Trinajstić information content (AvgIpc) is 3.29. The van der Waals surface area contributed by atoms with Crippen LogP contribution >= 0.6 is 0 Å². The highest BCUT2D eigenvalue weighted by Gasteiger charge is 2.21. The fourth-order valence-corrected chi connectivity index (χ4v) is 3.72. The second kappa shape index (κ2) is 13.2. The maximum atomic E-state index is 13.0. The topological polar surface area (TPSA) is 146 Å². The van der Waals surface area contributed by atoms with Crippen molar-refractivity contribution in [1.29, 1.82) is 0 Å². The van der Waals surface area contributed by atoms with Crippen LogP contribution in [0.2, 0.25) is 0 Å². The quantitative estimate of drug-likeness (QED) is 0.258. The van der Waals surface area contributed by atoms with E-state index in [0.717, 1.165) is 0 Å². The van der Waals surface area contributed by atoms with Gasteiger partial charge in [-0.2, -0.15) is 0 Å². The van der Waals surface area contributed by atoms with Gasteiger partial charge in [0.1, 0.15) is 24.1 Å². The Kier molecular flexibility index (Phi) is 9.79. The summed E-state index contributed by atoms with van der Waals surface area (Å²) < 4.78 is 31.7. The number of pyridine rings is 1. The number of carboxylic acid groups (broad SMARTS) is 1. The third-order valence-corrected chi connectivity index (χ3v) is 5.59. The Hall–Kier alpha value is -4.68. The number of amides is 3. The molecule has 0 saturated carbocycles. The Morgan fingerprint density at radius 2 is 1.97 bits per heavy atom. The first-order chi connectivity index (χ1) is 18.5. The number of para-hydroxylation sites is 1. The summed E-state index contributed by atoms with van der Waals surface area (Å²) in [5.41, 5.74) is 0.502. The van der Waals surface area contributed by atoms with Crippen LogP contribution in [0.15, 0.2) is 59.5 Å². The number of hydrogen-bond acceptors (Lipinski definition) is 5. The van der Waals surface area contributed by atoms with Gasteiger partial charge in [0.25, 0.3) is 12.0 Å². The Morgan fingerprint density at radius 3 is 2.67 bits per heavy atom. The predicted octanol–water partition coefficient (Wildman–Crippen LogP) is 3.02. The Morgan fingerprint density at radius 1 is 1.21 bits per heavy atom. The number of alkyl halides is 2. The van der Waals surface area contributed by atoms with E-state index >= 15 is 0 Å². The van der Waals surface area contributed by atoms with Crippen molar-refractivity contribution >= 4 is 34.5 Å². The molecular weight excluding hydrogens is 516 g/mol. The van der Waals surface area contributed by atoms with Crippen LogP contribution in [0.25, 0.3) is 10.9 Å². The average molecular weight is 546 g/mol. The van der Waals surface area contributed by atoms with Crippen molar-refractivity contribution in [2.45, 2.75) is 31.9 Å². The van der Waals surface area contributed by atoms with Gasteiger partial charge in [-0.25, -0.2) is 13.6 Å². The first-order valence-electron chi connectivity index (χ1n) is 11.9. The molecule has 1 aromatic carbocycles. The summed E-state index contributed by atoms with van der Waals surface area (Å²) in [6.07, 6.45) is 0.624. The Labute approximate surface area is 222 Å². The number of likely N-dealkylation sites (N-methyl/N-ethyl adjacent to an activating group) is 1. The number of ether oxygens (including phenoxy) is 1. The normalized spacial score (nSPS) is 12.0. The standard InChI is InChI=1S/C26H29F2N5O6/c1-32(2)22(34)11-4-3-8-18(31-26(37)38)24(35)30-19-9-6-12-33(25(19)36)14-17-13-16-7-5-10-20(23(16)29-17)39-15-21(27)28/h4-7,9-13,18,21,29,31H,3,8,14-15H2,1-2H3,(H,30,35)(H,37,38). The zero-order valence-electron chi connectivity index (χ0n) is 21.3. The molecule has 0 bridgehead atoms. The molecule has 0 spiro atoms. The van der Waals surface area contributed by atoms with E-state index in [1.807, 2.05) is 0 Å². The van der Waals surface area contributed by atoms with Gasteiger partial charge in [-0.15, -0.1) is 0 Å². The van der Waals surface area contributed by atoms with E-state index in [1.54, 1.807) is 44.4 Å². The summed E-state index contributed by atoms with van der Waals surface area (Å²) in [4.78, 5) is 53.2. The molecule has 0 radical (unpaired) electrons. The van der Waals surface area contributed by atoms with E-state index in [1.165, 1.54) is 33.9 Å². The molecule has 13 heteroatoms. The molecule has 4 N–H and O–H groups in total. The van der Waals surface area contributed by atoms with E-state index in [-0.39, 0.29) is 36.7 Å². The Bertz CT molecular complexity index is 1420. The van der Waals surface area contributed by atoms with Crippen LogP contribution in [0.4, 0.5) is 19.3 Å². The number of anilines is 1. The first-order valence-corrected chi connectivity index (χ1v) is 11.9. The van der Waals surface area contributed by atoms with Crippen molar-refractivity contribution in [3.05, 3.63) is 70.8 Å². The molecule has 2 heterocycles. The van der Waals surface area contributed by atoms with Crippen molar-refractivity contribution in [2.75, 3.05) is 26.0 Å². The van der Waals surface area contributed by atoms with Gasteiger partial charge >= 0.3 is 6.09 Å². The number of allylic oxidation sites excluding steroid dienone is 1. The molecule has 1 atom stereocenters. The number of carbonyl (C=O) groups excluding carboxylic acids is 2. The summed E-state index contributed by atoms with van der Waals surface area (Å²) in [6.45, 7) is -0.677. The lowest BCUT2D eigenvalue weighted by atomic mass is 10.1. The van der Waals surface area contributed by atoms with Gasteiger partial charge in [0.15, 0.2) is 0 Å². The molecule has 0 aliphatic carbocycles. The first kappa shape index (κ1) is 28.9. The van der Waals surface area contributed by atoms with Crippen LogP contribution in [0.3, 0.4) is 0 Å². The number of fused-ring (bicyclic) bond motifs is 1. The van der Waals surface area contributed by atoms with Crippen LogP contribution < -0.4 is 20.9 Å². The third-order valence-electron chi connectivity index (χ3n) is 5.59. The molecule has 11 nitrogen and oxygen atoms in total. The largest absolute Gasteiger partial charge is 0.485 e. The molecule has 208 valence electrons. The van der Waals surface area contributed by atoms with Crippen molar-refractivity contribution in [3.63, 3.8) is 0 Å². The molecule has 0 aliphatic heterocycles. The minimum absolute atomic E-state index is 0.0569. The maximum Gasteiger partial charge on any atom is 0.405 e. The minimum atomic E-state index is -2.62. The lowest BCUT2D eigenvalue weighted by molar-refractivity contribution is -0.123. The highest BCUT2D eigenvalue weighted by molar-refractivity contribution is 5.96. The van der Waals surface area contributed by atoms with Crippen molar-refractivity contribution in [3.8, 4) is 5.75 Å². The number of aromatic nitrogens is 2.